The van der Waals surface area contributed by atoms with Gasteiger partial charge in [-0.15, -0.1) is 11.3 Å². The lowest BCUT2D eigenvalue weighted by Crippen LogP contribution is -2.41. The zero-order chi connectivity index (χ0) is 21.6. The molecule has 0 unspecified atom stereocenters. The summed E-state index contributed by atoms with van der Waals surface area (Å²) in [6, 6.07) is 10.7. The van der Waals surface area contributed by atoms with Crippen molar-refractivity contribution < 1.29 is 14.3 Å². The molecule has 1 aromatic carbocycles. The number of nitrogens with one attached hydrogen (secondary N) is 1. The van der Waals surface area contributed by atoms with Gasteiger partial charge in [-0.3, -0.25) is 14.6 Å². The monoisotopic (exact) mass is 436 g/mol. The lowest BCUT2D eigenvalue weighted by molar-refractivity contribution is 0.0595. The first kappa shape index (κ1) is 21.0. The predicted octanol–water partition coefficient (Wildman–Crippen LogP) is 3.46. The summed E-state index contributed by atoms with van der Waals surface area (Å²) >= 11 is 1.57. The molecule has 2 aromatic heterocycles. The van der Waals surface area contributed by atoms with Crippen molar-refractivity contribution in [2.75, 3.05) is 13.1 Å². The standard InChI is InChI=1S/C23H24N4O3S/c1-16-26-19(15-31-16)14-25-22(28)17-4-6-20(7-5-17)30-21-8-11-27(12-9-21)23(29)18-3-2-10-24-13-18/h2-7,10,13,15,21H,8-9,11-12,14H2,1H3,(H,25,28). The summed E-state index contributed by atoms with van der Waals surface area (Å²) in [6.07, 6.45) is 4.84. The highest BCUT2D eigenvalue weighted by Crippen LogP contribution is 2.21. The number of piperidine rings is 1. The Kier molecular flexibility index (Phi) is 6.57. The second-order valence-corrected chi connectivity index (χ2v) is 8.48. The second kappa shape index (κ2) is 9.70. The summed E-state index contributed by atoms with van der Waals surface area (Å²) in [7, 11) is 0. The molecule has 0 spiro atoms. The van der Waals surface area contributed by atoms with Crippen LogP contribution in [-0.2, 0) is 6.54 Å². The van der Waals surface area contributed by atoms with Crippen LogP contribution in [0.3, 0.4) is 0 Å². The van der Waals surface area contributed by atoms with Gasteiger partial charge in [-0.25, -0.2) is 4.98 Å². The molecule has 3 heterocycles. The van der Waals surface area contributed by atoms with Crippen LogP contribution in [0.15, 0.2) is 54.2 Å². The van der Waals surface area contributed by atoms with E-state index in [2.05, 4.69) is 15.3 Å². The molecule has 2 amide bonds. The zero-order valence-electron chi connectivity index (χ0n) is 17.3. The molecule has 0 saturated carbocycles. The van der Waals surface area contributed by atoms with E-state index < -0.39 is 0 Å². The van der Waals surface area contributed by atoms with Gasteiger partial charge in [-0.1, -0.05) is 0 Å². The summed E-state index contributed by atoms with van der Waals surface area (Å²) in [6.45, 7) is 3.65. The van der Waals surface area contributed by atoms with E-state index in [0.29, 0.717) is 30.8 Å². The third kappa shape index (κ3) is 5.46. The van der Waals surface area contributed by atoms with E-state index in [1.807, 2.05) is 29.3 Å². The van der Waals surface area contributed by atoms with Gasteiger partial charge in [0.2, 0.25) is 0 Å². The van der Waals surface area contributed by atoms with Gasteiger partial charge in [-0.05, 0) is 43.3 Å². The molecule has 8 heteroatoms. The number of benzene rings is 1. The summed E-state index contributed by atoms with van der Waals surface area (Å²) in [4.78, 5) is 35.0. The van der Waals surface area contributed by atoms with Crippen LogP contribution in [0.1, 0.15) is 44.3 Å². The van der Waals surface area contributed by atoms with Gasteiger partial charge in [-0.2, -0.15) is 0 Å². The zero-order valence-corrected chi connectivity index (χ0v) is 18.1. The normalized spacial score (nSPS) is 14.3. The lowest BCUT2D eigenvalue weighted by atomic mass is 10.1. The highest BCUT2D eigenvalue weighted by molar-refractivity contribution is 7.09. The Labute approximate surface area is 185 Å². The molecule has 1 fully saturated rings. The van der Waals surface area contributed by atoms with Gasteiger partial charge < -0.3 is 15.0 Å². The smallest absolute Gasteiger partial charge is 0.255 e. The summed E-state index contributed by atoms with van der Waals surface area (Å²) < 4.78 is 6.07. The van der Waals surface area contributed by atoms with Gasteiger partial charge in [0, 0.05) is 49.3 Å². The maximum absolute atomic E-state index is 12.5. The number of rotatable bonds is 6. The number of hydrogen-bond acceptors (Lipinski definition) is 6. The highest BCUT2D eigenvalue weighted by Gasteiger charge is 2.24. The minimum Gasteiger partial charge on any atom is -0.490 e. The number of thiazole rings is 1. The number of ether oxygens (including phenoxy) is 1. The van der Waals surface area contributed by atoms with Gasteiger partial charge in [0.15, 0.2) is 0 Å². The first-order valence-corrected chi connectivity index (χ1v) is 11.1. The number of nitrogens with zero attached hydrogens (tertiary/aromatic N) is 3. The number of likely N-dealkylation sites (tertiary alicyclic amines) is 1. The third-order valence-corrected chi connectivity index (χ3v) is 5.98. The first-order valence-electron chi connectivity index (χ1n) is 10.2. The maximum atomic E-state index is 12.5. The molecule has 0 radical (unpaired) electrons. The Morgan fingerprint density at radius 3 is 2.58 bits per heavy atom. The Hall–Kier alpha value is -3.26. The Bertz CT molecular complexity index is 1030. The quantitative estimate of drug-likeness (QED) is 0.640. The van der Waals surface area contributed by atoms with E-state index in [1.165, 1.54) is 0 Å². The fraction of sp³-hybridized carbons (Fsp3) is 0.304. The topological polar surface area (TPSA) is 84.4 Å². The molecule has 7 nitrogen and oxygen atoms in total. The molecular weight excluding hydrogens is 412 g/mol. The van der Waals surface area contributed by atoms with Crippen molar-refractivity contribution in [1.82, 2.24) is 20.2 Å². The number of pyridine rings is 1. The molecule has 1 aliphatic heterocycles. The van der Waals surface area contributed by atoms with E-state index in [4.69, 9.17) is 4.74 Å². The van der Waals surface area contributed by atoms with Gasteiger partial charge in [0.25, 0.3) is 11.8 Å². The molecule has 1 aliphatic rings. The van der Waals surface area contributed by atoms with Crippen molar-refractivity contribution in [1.29, 1.82) is 0 Å². The summed E-state index contributed by atoms with van der Waals surface area (Å²) in [5.41, 5.74) is 2.06. The van der Waals surface area contributed by atoms with Gasteiger partial charge in [0.05, 0.1) is 22.8 Å². The van der Waals surface area contributed by atoms with Crippen LogP contribution in [0.25, 0.3) is 0 Å². The van der Waals surface area contributed by atoms with E-state index in [-0.39, 0.29) is 17.9 Å². The van der Waals surface area contributed by atoms with Crippen LogP contribution in [0.2, 0.25) is 0 Å². The van der Waals surface area contributed by atoms with E-state index in [9.17, 15) is 9.59 Å². The SMILES string of the molecule is Cc1nc(CNC(=O)c2ccc(OC3CCN(C(=O)c4cccnc4)CC3)cc2)cs1. The Morgan fingerprint density at radius 2 is 1.94 bits per heavy atom. The lowest BCUT2D eigenvalue weighted by Gasteiger charge is -2.32. The molecule has 0 atom stereocenters. The van der Waals surface area contributed by atoms with Crippen molar-refractivity contribution in [3.63, 3.8) is 0 Å². The number of amides is 2. The predicted molar refractivity (Wildman–Crippen MR) is 118 cm³/mol. The molecule has 31 heavy (non-hydrogen) atoms. The van der Waals surface area contributed by atoms with Crippen molar-refractivity contribution in [2.24, 2.45) is 0 Å². The van der Waals surface area contributed by atoms with E-state index in [0.717, 1.165) is 29.3 Å². The molecule has 4 rings (SSSR count). The molecular formula is C23H24N4O3S. The van der Waals surface area contributed by atoms with Gasteiger partial charge in [0.1, 0.15) is 11.9 Å². The maximum Gasteiger partial charge on any atom is 0.255 e. The number of aromatic nitrogens is 2. The average molecular weight is 437 g/mol. The summed E-state index contributed by atoms with van der Waals surface area (Å²) in [5, 5.41) is 5.81. The molecule has 160 valence electrons. The molecule has 1 saturated heterocycles. The fourth-order valence-corrected chi connectivity index (χ4v) is 4.10. The third-order valence-electron chi connectivity index (χ3n) is 5.15. The second-order valence-electron chi connectivity index (χ2n) is 7.42. The van der Waals surface area contributed by atoms with Crippen LogP contribution in [0.5, 0.6) is 5.75 Å². The summed E-state index contributed by atoms with van der Waals surface area (Å²) in [5.74, 6) is 0.595. The van der Waals surface area contributed by atoms with E-state index >= 15 is 0 Å². The number of carbonyl (C=O) groups is 2. The van der Waals surface area contributed by atoms with Gasteiger partial charge >= 0.3 is 0 Å². The van der Waals surface area contributed by atoms with Crippen molar-refractivity contribution >= 4 is 23.2 Å². The Morgan fingerprint density at radius 1 is 1.16 bits per heavy atom. The van der Waals surface area contributed by atoms with Crippen LogP contribution in [-0.4, -0.2) is 45.9 Å². The molecule has 0 aliphatic carbocycles. The Balaban J connectivity index is 1.25. The number of carbonyl (C=O) groups excluding carboxylic acids is 2. The molecule has 3 aromatic rings. The van der Waals surface area contributed by atoms with Crippen LogP contribution in [0.4, 0.5) is 0 Å². The minimum absolute atomic E-state index is 0.00901. The minimum atomic E-state index is -0.139. The molecule has 1 N–H and O–H groups in total. The first-order chi connectivity index (χ1) is 15.1. The molecule has 0 bridgehead atoms. The number of aryl methyl sites for hydroxylation is 1. The largest absolute Gasteiger partial charge is 0.490 e. The highest BCUT2D eigenvalue weighted by atomic mass is 32.1. The van der Waals surface area contributed by atoms with Crippen LogP contribution >= 0.6 is 11.3 Å². The fourth-order valence-electron chi connectivity index (χ4n) is 3.49. The van der Waals surface area contributed by atoms with E-state index in [1.54, 1.807) is 48.0 Å². The van der Waals surface area contributed by atoms with Crippen molar-refractivity contribution in [3.8, 4) is 5.75 Å². The van der Waals surface area contributed by atoms with Crippen molar-refractivity contribution in [3.05, 3.63) is 76.0 Å². The van der Waals surface area contributed by atoms with Crippen LogP contribution < -0.4 is 10.1 Å². The van der Waals surface area contributed by atoms with Crippen molar-refractivity contribution in [2.45, 2.75) is 32.4 Å². The number of hydrogen-bond donors (Lipinski definition) is 1. The van der Waals surface area contributed by atoms with Crippen LogP contribution in [0, 0.1) is 6.92 Å². The average Bonchev–Trinajstić information content (AvgIpc) is 3.23.